The Hall–Kier alpha value is -0.100. The Balaban J connectivity index is 1.38. The van der Waals surface area contributed by atoms with Gasteiger partial charge in [-0.1, -0.05) is 31.9 Å². The second-order valence-corrected chi connectivity index (χ2v) is 15.7. The summed E-state index contributed by atoms with van der Waals surface area (Å²) in [5.74, 6) is 9.44. The molecule has 0 aromatic carbocycles. The molecule has 4 nitrogen and oxygen atoms in total. The van der Waals surface area contributed by atoms with Crippen molar-refractivity contribution in [3.05, 3.63) is 0 Å². The van der Waals surface area contributed by atoms with Gasteiger partial charge in [0.05, 0.1) is 25.0 Å². The lowest BCUT2D eigenvalue weighted by Gasteiger charge is -2.42. The molecule has 0 bridgehead atoms. The maximum absolute atomic E-state index is 13.9. The summed E-state index contributed by atoms with van der Waals surface area (Å²) in [4.78, 5) is 27.7. The van der Waals surface area contributed by atoms with Crippen LogP contribution >= 0.6 is 31.9 Å². The SMILES string of the molecule is COC(=O)C12C3C4C5C6C7C4C1C1C7C4C6C6(C(=O)OC)C5C3C3C2C1(Br)C4(Br)C36. The van der Waals surface area contributed by atoms with E-state index in [1.165, 1.54) is 0 Å². The van der Waals surface area contributed by atoms with Crippen LogP contribution in [0.5, 0.6) is 0 Å². The largest absolute Gasteiger partial charge is 0.469 e. The number of hydrogen-bond donors (Lipinski definition) is 0. The highest BCUT2D eigenvalue weighted by molar-refractivity contribution is 9.13. The van der Waals surface area contributed by atoms with Crippen molar-refractivity contribution in [3.63, 3.8) is 0 Å². The number of halogens is 2. The summed E-state index contributed by atoms with van der Waals surface area (Å²) in [5, 5.41) is 0. The highest BCUT2D eigenvalue weighted by Crippen LogP contribution is 3.09. The third kappa shape index (κ3) is 0.780. The number of ether oxygens (including phenoxy) is 2. The Bertz CT molecular complexity index is 1040. The minimum atomic E-state index is -0.274. The van der Waals surface area contributed by atoms with Crippen LogP contribution in [-0.2, 0) is 19.1 Å². The number of esters is 2. The van der Waals surface area contributed by atoms with Crippen LogP contribution < -0.4 is 0 Å². The van der Waals surface area contributed by atoms with Crippen LogP contribution in [0.25, 0.3) is 0 Å². The quantitative estimate of drug-likeness (QED) is 0.404. The van der Waals surface area contributed by atoms with Crippen molar-refractivity contribution in [2.45, 2.75) is 8.65 Å². The Kier molecular flexibility index (Phi) is 1.84. The topological polar surface area (TPSA) is 52.6 Å². The maximum Gasteiger partial charge on any atom is 0.312 e. The monoisotopic (exact) mass is 532 g/mol. The van der Waals surface area contributed by atoms with Gasteiger partial charge in [0.2, 0.25) is 0 Å². The van der Waals surface area contributed by atoms with Gasteiger partial charge in [0.15, 0.2) is 0 Å². The molecule has 0 radical (unpaired) electrons. The predicted molar refractivity (Wildman–Crippen MR) is 108 cm³/mol. The molecule has 30 heavy (non-hydrogen) atoms. The zero-order valence-electron chi connectivity index (χ0n) is 16.6. The molecular weight excluding hydrogens is 512 g/mol. The molecule has 156 valence electrons. The first kappa shape index (κ1) is 15.7. The molecule has 0 aromatic heterocycles. The van der Waals surface area contributed by atoms with E-state index in [1.54, 1.807) is 14.2 Å². The second kappa shape index (κ2) is 3.52. The summed E-state index contributed by atoms with van der Waals surface area (Å²) in [6, 6.07) is 0. The van der Waals surface area contributed by atoms with Crippen molar-refractivity contribution in [2.75, 3.05) is 14.2 Å². The van der Waals surface area contributed by atoms with Crippen LogP contribution in [0, 0.1) is 106 Å². The molecule has 6 heteroatoms. The molecule has 0 aliphatic heterocycles. The van der Waals surface area contributed by atoms with Gasteiger partial charge in [0, 0.05) is 8.65 Å². The third-order valence-corrected chi connectivity index (χ3v) is 18.6. The van der Waals surface area contributed by atoms with Gasteiger partial charge < -0.3 is 9.47 Å². The van der Waals surface area contributed by atoms with Gasteiger partial charge in [-0.25, -0.2) is 0 Å². The summed E-state index contributed by atoms with van der Waals surface area (Å²) in [6.07, 6.45) is 0. The number of methoxy groups -OCH3 is 2. The number of alkyl halides is 2. The van der Waals surface area contributed by atoms with Crippen LogP contribution in [0.3, 0.4) is 0 Å². The molecule has 0 spiro atoms. The Morgan fingerprint density at radius 1 is 0.567 bits per heavy atom. The second-order valence-electron chi connectivity index (χ2n) is 13.1. The van der Waals surface area contributed by atoms with Crippen LogP contribution in [0.2, 0.25) is 0 Å². The first-order chi connectivity index (χ1) is 14.4. The fourth-order valence-corrected chi connectivity index (χ4v) is 20.1. The third-order valence-electron chi connectivity index (χ3n) is 14.7. The fourth-order valence-electron chi connectivity index (χ4n) is 16.5. The lowest BCUT2D eigenvalue weighted by atomic mass is 9.63. The summed E-state index contributed by atoms with van der Waals surface area (Å²) in [5.41, 5.74) is -0.548. The van der Waals surface area contributed by atoms with Gasteiger partial charge >= 0.3 is 11.9 Å². The molecule has 12 aliphatic carbocycles. The van der Waals surface area contributed by atoms with E-state index < -0.39 is 0 Å². The molecule has 16 unspecified atom stereocenters. The van der Waals surface area contributed by atoms with E-state index in [1.807, 2.05) is 0 Å². The molecule has 0 amide bonds. The van der Waals surface area contributed by atoms with E-state index in [-0.39, 0.29) is 31.4 Å². The van der Waals surface area contributed by atoms with Crippen LogP contribution in [-0.4, -0.2) is 34.8 Å². The predicted octanol–water partition coefficient (Wildman–Crippen LogP) is 2.58. The molecule has 12 aliphatic rings. The minimum Gasteiger partial charge on any atom is -0.469 e. The summed E-state index contributed by atoms with van der Waals surface area (Å²) < 4.78 is 11.3. The molecule has 12 rings (SSSR count). The molecule has 0 heterocycles. The van der Waals surface area contributed by atoms with E-state index in [0.717, 1.165) is 17.8 Å². The van der Waals surface area contributed by atoms with Gasteiger partial charge in [0.1, 0.15) is 0 Å². The highest BCUT2D eigenvalue weighted by Gasteiger charge is 3.11. The van der Waals surface area contributed by atoms with Crippen molar-refractivity contribution in [3.8, 4) is 0 Å². The standard InChI is InChI=1S/C24H22Br2O4/c1-29-19(27)21-11-6-4-3-5-7(6)12-9(11)10-17(21)23(25)15(13(4)21)8(3)16-14(5)22(12,20(28)30-2)18(10)24(16,23)26/h3-18H,1-2H3. The number of carbonyl (C=O) groups is 2. The molecule has 0 aromatic rings. The van der Waals surface area contributed by atoms with Gasteiger partial charge in [-0.05, 0) is 94.7 Å². The van der Waals surface area contributed by atoms with Crippen molar-refractivity contribution in [1.29, 1.82) is 0 Å². The average Bonchev–Trinajstić information content (AvgIpc) is 3.50. The van der Waals surface area contributed by atoms with Gasteiger partial charge in [-0.15, -0.1) is 0 Å². The number of carbonyl (C=O) groups excluding carboxylic acids is 2. The van der Waals surface area contributed by atoms with E-state index in [0.29, 0.717) is 76.9 Å². The first-order valence-electron chi connectivity index (χ1n) is 12.0. The van der Waals surface area contributed by atoms with Crippen molar-refractivity contribution >= 4 is 43.8 Å². The maximum atomic E-state index is 13.9. The Labute approximate surface area is 190 Å². The van der Waals surface area contributed by atoms with E-state index >= 15 is 0 Å². The zero-order chi connectivity index (χ0) is 19.8. The molecular formula is C24H22Br2O4. The van der Waals surface area contributed by atoms with Gasteiger partial charge in [-0.3, -0.25) is 9.59 Å². The first-order valence-corrected chi connectivity index (χ1v) is 13.6. The molecule has 0 saturated heterocycles. The summed E-state index contributed by atoms with van der Waals surface area (Å²) >= 11 is 8.99. The van der Waals surface area contributed by atoms with Gasteiger partial charge in [-0.2, -0.15) is 0 Å². The Morgan fingerprint density at radius 2 is 0.967 bits per heavy atom. The lowest BCUT2D eigenvalue weighted by molar-refractivity contribution is -0.163. The highest BCUT2D eigenvalue weighted by atomic mass is 79.9. The van der Waals surface area contributed by atoms with Crippen molar-refractivity contribution < 1.29 is 19.1 Å². The van der Waals surface area contributed by atoms with Crippen molar-refractivity contribution in [2.24, 2.45) is 106 Å². The van der Waals surface area contributed by atoms with Crippen LogP contribution in [0.1, 0.15) is 0 Å². The summed E-state index contributed by atoms with van der Waals surface area (Å²) in [7, 11) is 3.25. The molecule has 16 atom stereocenters. The lowest BCUT2D eigenvalue weighted by Crippen LogP contribution is -2.50. The number of hydrogen-bond acceptors (Lipinski definition) is 4. The van der Waals surface area contributed by atoms with E-state index in [2.05, 4.69) is 31.9 Å². The van der Waals surface area contributed by atoms with Gasteiger partial charge in [0.25, 0.3) is 0 Å². The molecule has 12 fully saturated rings. The number of rotatable bonds is 2. The normalized spacial score (nSPS) is 85.5. The van der Waals surface area contributed by atoms with Crippen LogP contribution in [0.4, 0.5) is 0 Å². The minimum absolute atomic E-state index is 0.0391. The van der Waals surface area contributed by atoms with E-state index in [4.69, 9.17) is 9.47 Å². The van der Waals surface area contributed by atoms with Crippen LogP contribution in [0.15, 0.2) is 0 Å². The smallest absolute Gasteiger partial charge is 0.312 e. The fraction of sp³-hybridized carbons (Fsp3) is 0.917. The summed E-state index contributed by atoms with van der Waals surface area (Å²) in [6.45, 7) is 0. The molecule has 12 saturated carbocycles. The zero-order valence-corrected chi connectivity index (χ0v) is 19.8. The van der Waals surface area contributed by atoms with Crippen molar-refractivity contribution in [1.82, 2.24) is 0 Å². The Morgan fingerprint density at radius 3 is 1.40 bits per heavy atom. The van der Waals surface area contributed by atoms with E-state index in [9.17, 15) is 9.59 Å². The molecule has 0 N–H and O–H groups in total. The average molecular weight is 534 g/mol.